The number of carbonyl (C=O) groups is 1. The summed E-state index contributed by atoms with van der Waals surface area (Å²) in [4.78, 5) is 17.0. The molecule has 2 fully saturated rings. The standard InChI is InChI=1S/C24H30ClFN4O3/c1-32-14-18-8-17(12-27-18)24(31)30-23-10-19(20(25)13-29-23)16-2-3-21(26)22(9-16)28-11-15-4-6-33-7-5-15/h2-3,9-10,13,15,17-18,27-28H,4-8,11-12,14H2,1H3,(H,29,30,31). The maximum atomic E-state index is 14.4. The molecule has 1 aromatic heterocycles. The molecule has 2 aliphatic rings. The molecule has 7 nitrogen and oxygen atoms in total. The Morgan fingerprint density at radius 2 is 2.15 bits per heavy atom. The Kier molecular flexibility index (Phi) is 8.14. The van der Waals surface area contributed by atoms with Gasteiger partial charge in [0.25, 0.3) is 0 Å². The van der Waals surface area contributed by atoms with Gasteiger partial charge in [-0.3, -0.25) is 4.79 Å². The highest BCUT2D eigenvalue weighted by molar-refractivity contribution is 6.33. The molecule has 0 aliphatic carbocycles. The van der Waals surface area contributed by atoms with Gasteiger partial charge in [0.05, 0.1) is 23.2 Å². The number of nitrogens with zero attached hydrogens (tertiary/aromatic N) is 1. The molecule has 2 aliphatic heterocycles. The molecule has 33 heavy (non-hydrogen) atoms. The summed E-state index contributed by atoms with van der Waals surface area (Å²) >= 11 is 6.41. The highest BCUT2D eigenvalue weighted by Gasteiger charge is 2.29. The van der Waals surface area contributed by atoms with Crippen LogP contribution in [0, 0.1) is 17.7 Å². The normalized spacial score (nSPS) is 21.2. The number of hydrogen-bond acceptors (Lipinski definition) is 6. The summed E-state index contributed by atoms with van der Waals surface area (Å²) in [7, 11) is 1.65. The molecule has 0 radical (unpaired) electrons. The highest BCUT2D eigenvalue weighted by atomic mass is 35.5. The van der Waals surface area contributed by atoms with Gasteiger partial charge in [-0.25, -0.2) is 9.37 Å². The van der Waals surface area contributed by atoms with E-state index in [0.29, 0.717) is 54.1 Å². The van der Waals surface area contributed by atoms with E-state index in [0.717, 1.165) is 31.6 Å². The molecule has 2 unspecified atom stereocenters. The summed E-state index contributed by atoms with van der Waals surface area (Å²) < 4.78 is 25.0. The molecule has 2 atom stereocenters. The van der Waals surface area contributed by atoms with Crippen LogP contribution < -0.4 is 16.0 Å². The third-order valence-corrected chi connectivity index (χ3v) is 6.57. The zero-order valence-electron chi connectivity index (χ0n) is 18.7. The van der Waals surface area contributed by atoms with Crippen LogP contribution in [0.2, 0.25) is 5.02 Å². The molecular weight excluding hydrogens is 447 g/mol. The lowest BCUT2D eigenvalue weighted by atomic mass is 10.00. The number of rotatable bonds is 8. The fourth-order valence-electron chi connectivity index (χ4n) is 4.34. The second kappa shape index (κ2) is 11.2. The van der Waals surface area contributed by atoms with Gasteiger partial charge in [0.2, 0.25) is 5.91 Å². The van der Waals surface area contributed by atoms with Crippen LogP contribution in [0.1, 0.15) is 19.3 Å². The van der Waals surface area contributed by atoms with Gasteiger partial charge in [-0.2, -0.15) is 0 Å². The number of methoxy groups -OCH3 is 1. The third-order valence-electron chi connectivity index (χ3n) is 6.27. The van der Waals surface area contributed by atoms with E-state index in [1.807, 2.05) is 0 Å². The van der Waals surface area contributed by atoms with Crippen molar-refractivity contribution in [2.24, 2.45) is 11.8 Å². The smallest absolute Gasteiger partial charge is 0.229 e. The number of amides is 1. The van der Waals surface area contributed by atoms with Gasteiger partial charge in [0.15, 0.2) is 0 Å². The molecular formula is C24H30ClFN4O3. The second-order valence-electron chi connectivity index (χ2n) is 8.66. The minimum Gasteiger partial charge on any atom is -0.383 e. The monoisotopic (exact) mass is 476 g/mol. The molecule has 3 N–H and O–H groups in total. The molecule has 3 heterocycles. The van der Waals surface area contributed by atoms with Crippen LogP contribution in [-0.2, 0) is 14.3 Å². The van der Waals surface area contributed by atoms with Crippen LogP contribution in [0.4, 0.5) is 15.9 Å². The molecule has 9 heteroatoms. The van der Waals surface area contributed by atoms with Crippen LogP contribution in [0.15, 0.2) is 30.5 Å². The Morgan fingerprint density at radius 1 is 1.33 bits per heavy atom. The minimum atomic E-state index is -0.316. The molecule has 2 saturated heterocycles. The Hall–Kier alpha value is -2.26. The molecule has 4 rings (SSSR count). The van der Waals surface area contributed by atoms with E-state index in [1.165, 1.54) is 12.3 Å². The van der Waals surface area contributed by atoms with Crippen molar-refractivity contribution in [3.63, 3.8) is 0 Å². The summed E-state index contributed by atoms with van der Waals surface area (Å²) in [6.45, 7) is 3.36. The van der Waals surface area contributed by atoms with E-state index in [2.05, 4.69) is 20.9 Å². The average Bonchev–Trinajstić information content (AvgIpc) is 3.30. The predicted octanol–water partition coefficient (Wildman–Crippen LogP) is 3.94. The number of ether oxygens (including phenoxy) is 2. The number of anilines is 2. The number of carbonyl (C=O) groups excluding carboxylic acids is 1. The van der Waals surface area contributed by atoms with Crippen molar-refractivity contribution >= 4 is 29.0 Å². The fourth-order valence-corrected chi connectivity index (χ4v) is 4.55. The van der Waals surface area contributed by atoms with Gasteiger partial charge >= 0.3 is 0 Å². The summed E-state index contributed by atoms with van der Waals surface area (Å²) in [6.07, 6.45) is 4.15. The lowest BCUT2D eigenvalue weighted by molar-refractivity contribution is -0.119. The van der Waals surface area contributed by atoms with Gasteiger partial charge in [-0.15, -0.1) is 0 Å². The van der Waals surface area contributed by atoms with Gasteiger partial charge < -0.3 is 25.4 Å². The van der Waals surface area contributed by atoms with Crippen LogP contribution in [0.3, 0.4) is 0 Å². The van der Waals surface area contributed by atoms with E-state index in [4.69, 9.17) is 21.1 Å². The first kappa shape index (κ1) is 23.9. The molecule has 2 aromatic rings. The van der Waals surface area contributed by atoms with Crippen LogP contribution >= 0.6 is 11.6 Å². The van der Waals surface area contributed by atoms with E-state index in [9.17, 15) is 9.18 Å². The maximum absolute atomic E-state index is 14.4. The van der Waals surface area contributed by atoms with Crippen molar-refractivity contribution in [3.8, 4) is 11.1 Å². The first-order chi connectivity index (χ1) is 16.0. The van der Waals surface area contributed by atoms with E-state index >= 15 is 0 Å². The quantitative estimate of drug-likeness (QED) is 0.535. The van der Waals surface area contributed by atoms with Crippen LogP contribution in [0.5, 0.6) is 0 Å². The first-order valence-corrected chi connectivity index (χ1v) is 11.7. The van der Waals surface area contributed by atoms with Crippen LogP contribution in [-0.4, -0.2) is 57.0 Å². The molecule has 1 aromatic carbocycles. The van der Waals surface area contributed by atoms with E-state index in [1.54, 1.807) is 25.3 Å². The zero-order valence-corrected chi connectivity index (χ0v) is 19.5. The predicted molar refractivity (Wildman–Crippen MR) is 127 cm³/mol. The van der Waals surface area contributed by atoms with Crippen molar-refractivity contribution in [3.05, 3.63) is 41.3 Å². The van der Waals surface area contributed by atoms with Gasteiger partial charge in [-0.1, -0.05) is 17.7 Å². The summed E-state index contributed by atoms with van der Waals surface area (Å²) in [5, 5.41) is 9.84. The van der Waals surface area contributed by atoms with Gasteiger partial charge in [0.1, 0.15) is 11.6 Å². The maximum Gasteiger partial charge on any atom is 0.229 e. The van der Waals surface area contributed by atoms with E-state index in [-0.39, 0.29) is 23.7 Å². The SMILES string of the molecule is COCC1CC(C(=O)Nc2cc(-c3ccc(F)c(NCC4CCOCC4)c3)c(Cl)cn2)CN1. The molecule has 0 spiro atoms. The number of aromatic nitrogens is 1. The molecule has 178 valence electrons. The fraction of sp³-hybridized carbons (Fsp3) is 0.500. The Balaban J connectivity index is 1.45. The summed E-state index contributed by atoms with van der Waals surface area (Å²) in [5.41, 5.74) is 1.85. The number of benzene rings is 1. The van der Waals surface area contributed by atoms with Crippen molar-refractivity contribution in [2.45, 2.75) is 25.3 Å². The molecule has 0 saturated carbocycles. The summed E-state index contributed by atoms with van der Waals surface area (Å²) in [6, 6.07) is 6.75. The largest absolute Gasteiger partial charge is 0.383 e. The highest BCUT2D eigenvalue weighted by Crippen LogP contribution is 2.32. The van der Waals surface area contributed by atoms with Crippen molar-refractivity contribution in [2.75, 3.05) is 50.7 Å². The minimum absolute atomic E-state index is 0.0974. The zero-order chi connectivity index (χ0) is 23.2. The van der Waals surface area contributed by atoms with Crippen molar-refractivity contribution in [1.82, 2.24) is 10.3 Å². The number of nitrogens with one attached hydrogen (secondary N) is 3. The number of halogens is 2. The average molecular weight is 477 g/mol. The Morgan fingerprint density at radius 3 is 2.94 bits per heavy atom. The van der Waals surface area contributed by atoms with Crippen molar-refractivity contribution in [1.29, 1.82) is 0 Å². The van der Waals surface area contributed by atoms with Crippen LogP contribution in [0.25, 0.3) is 11.1 Å². The first-order valence-electron chi connectivity index (χ1n) is 11.3. The second-order valence-corrected chi connectivity index (χ2v) is 9.07. The van der Waals surface area contributed by atoms with Gasteiger partial charge in [0, 0.05) is 51.2 Å². The Labute approximate surface area is 198 Å². The lowest BCUT2D eigenvalue weighted by Crippen LogP contribution is -2.26. The topological polar surface area (TPSA) is 84.5 Å². The Bertz CT molecular complexity index is 971. The summed E-state index contributed by atoms with van der Waals surface area (Å²) in [5.74, 6) is 0.305. The lowest BCUT2D eigenvalue weighted by Gasteiger charge is -2.23. The molecule has 1 amide bonds. The number of hydrogen-bond donors (Lipinski definition) is 3. The third kappa shape index (κ3) is 6.20. The van der Waals surface area contributed by atoms with E-state index < -0.39 is 0 Å². The van der Waals surface area contributed by atoms with Gasteiger partial charge in [-0.05, 0) is 48.9 Å². The van der Waals surface area contributed by atoms with Crippen molar-refractivity contribution < 1.29 is 18.7 Å². The number of pyridine rings is 1. The molecule has 0 bridgehead atoms.